The minimum absolute atomic E-state index is 0.0256. The zero-order valence-electron chi connectivity index (χ0n) is 16.9. The molecule has 0 unspecified atom stereocenters. The van der Waals surface area contributed by atoms with Crippen LogP contribution in [0.5, 0.6) is 5.88 Å². The van der Waals surface area contributed by atoms with Gasteiger partial charge in [0.25, 0.3) is 5.91 Å². The summed E-state index contributed by atoms with van der Waals surface area (Å²) < 4.78 is 70.4. The number of alkyl halides is 3. The molecular weight excluding hydrogens is 437 g/mol. The van der Waals surface area contributed by atoms with E-state index in [0.29, 0.717) is 13.1 Å². The molecule has 1 aliphatic heterocycles. The van der Waals surface area contributed by atoms with Gasteiger partial charge in [-0.15, -0.1) is 0 Å². The molecule has 1 aliphatic rings. The highest BCUT2D eigenvalue weighted by atomic mass is 32.2. The minimum atomic E-state index is -4.52. The van der Waals surface area contributed by atoms with Crippen LogP contribution in [0.4, 0.5) is 13.2 Å². The molecule has 3 heterocycles. The number of carbonyl (C=O) groups excluding carboxylic acids is 1. The third-order valence-electron chi connectivity index (χ3n) is 4.83. The quantitative estimate of drug-likeness (QED) is 0.685. The minimum Gasteiger partial charge on any atom is -0.468 e. The summed E-state index contributed by atoms with van der Waals surface area (Å²) >= 11 is 0. The number of sulfonamides is 1. The normalized spacial score (nSPS) is 15.6. The summed E-state index contributed by atoms with van der Waals surface area (Å²) in [5.41, 5.74) is 0.368. The number of piperidine rings is 1. The van der Waals surface area contributed by atoms with Gasteiger partial charge in [0.05, 0.1) is 0 Å². The maximum atomic E-state index is 12.8. The molecule has 1 N–H and O–H groups in total. The van der Waals surface area contributed by atoms with Crippen LogP contribution in [0.3, 0.4) is 0 Å². The topological polar surface area (TPSA) is 93.5 Å². The first-order valence-electron chi connectivity index (χ1n) is 9.66. The molecule has 1 fully saturated rings. The fraction of sp³-hybridized carbons (Fsp3) is 0.474. The number of pyridine rings is 1. The van der Waals surface area contributed by atoms with Gasteiger partial charge in [-0.05, 0) is 25.0 Å². The van der Waals surface area contributed by atoms with E-state index in [4.69, 9.17) is 4.74 Å². The van der Waals surface area contributed by atoms with Gasteiger partial charge < -0.3 is 14.6 Å². The summed E-state index contributed by atoms with van der Waals surface area (Å²) in [6.45, 7) is -0.749. The van der Waals surface area contributed by atoms with Crippen molar-refractivity contribution in [3.05, 3.63) is 41.9 Å². The molecule has 0 atom stereocenters. The van der Waals surface area contributed by atoms with Crippen molar-refractivity contribution in [2.24, 2.45) is 7.05 Å². The van der Waals surface area contributed by atoms with Crippen molar-refractivity contribution < 1.29 is 31.1 Å². The second kappa shape index (κ2) is 9.27. The van der Waals surface area contributed by atoms with Crippen LogP contribution in [0.25, 0.3) is 0 Å². The summed E-state index contributed by atoms with van der Waals surface area (Å²) in [4.78, 5) is 16.4. The fourth-order valence-electron chi connectivity index (χ4n) is 3.26. The van der Waals surface area contributed by atoms with E-state index in [1.807, 2.05) is 0 Å². The Hall–Kier alpha value is -2.60. The van der Waals surface area contributed by atoms with Gasteiger partial charge in [0, 0.05) is 44.6 Å². The van der Waals surface area contributed by atoms with Crippen molar-refractivity contribution in [1.82, 2.24) is 19.2 Å². The third kappa shape index (κ3) is 5.76. The molecule has 31 heavy (non-hydrogen) atoms. The number of ether oxygens (including phenoxy) is 1. The Labute approximate surface area is 178 Å². The largest absolute Gasteiger partial charge is 0.468 e. The first-order chi connectivity index (χ1) is 14.6. The second-order valence-corrected chi connectivity index (χ2v) is 9.13. The van der Waals surface area contributed by atoms with E-state index in [0.717, 1.165) is 19.3 Å². The number of hydrogen-bond acceptors (Lipinski definition) is 5. The van der Waals surface area contributed by atoms with E-state index in [2.05, 4.69) is 10.3 Å². The van der Waals surface area contributed by atoms with Crippen LogP contribution >= 0.6 is 0 Å². The predicted molar refractivity (Wildman–Crippen MR) is 105 cm³/mol. The molecule has 1 amide bonds. The maximum absolute atomic E-state index is 12.8. The summed E-state index contributed by atoms with van der Waals surface area (Å²) in [7, 11) is -2.15. The van der Waals surface area contributed by atoms with Crippen molar-refractivity contribution in [2.75, 3.05) is 19.7 Å². The lowest BCUT2D eigenvalue weighted by Gasteiger charge is -2.25. The molecule has 0 saturated carbocycles. The van der Waals surface area contributed by atoms with Crippen molar-refractivity contribution >= 4 is 15.9 Å². The molecule has 0 aliphatic carbocycles. The number of nitrogens with zero attached hydrogens (tertiary/aromatic N) is 3. The summed E-state index contributed by atoms with van der Waals surface area (Å²) in [6, 6.07) is 4.29. The van der Waals surface area contributed by atoms with Crippen LogP contribution < -0.4 is 10.1 Å². The Morgan fingerprint density at radius 1 is 1.26 bits per heavy atom. The number of amides is 1. The highest BCUT2D eigenvalue weighted by molar-refractivity contribution is 7.89. The van der Waals surface area contributed by atoms with Crippen molar-refractivity contribution in [3.63, 3.8) is 0 Å². The maximum Gasteiger partial charge on any atom is 0.422 e. The summed E-state index contributed by atoms with van der Waals surface area (Å²) in [5.74, 6) is -0.811. The lowest BCUT2D eigenvalue weighted by Crippen LogP contribution is -2.35. The molecule has 0 bridgehead atoms. The summed E-state index contributed by atoms with van der Waals surface area (Å²) in [5, 5.41) is 2.57. The standard InChI is InChI=1S/C19H23F3N4O4S/c1-25-12-15(31(28,29)26-8-3-2-4-9-26)10-16(25)17(27)24-11-14-6-5-7-23-18(14)30-13-19(20,21)22/h5-7,10,12H,2-4,8-9,11,13H2,1H3,(H,24,27). The van der Waals surface area contributed by atoms with Crippen LogP contribution in [-0.2, 0) is 23.6 Å². The molecule has 0 spiro atoms. The lowest BCUT2D eigenvalue weighted by molar-refractivity contribution is -0.154. The Kier molecular flexibility index (Phi) is 6.90. The first-order valence-corrected chi connectivity index (χ1v) is 11.1. The lowest BCUT2D eigenvalue weighted by atomic mass is 10.2. The molecule has 8 nitrogen and oxygen atoms in total. The number of halogens is 3. The van der Waals surface area contributed by atoms with E-state index >= 15 is 0 Å². The van der Waals surface area contributed by atoms with Crippen molar-refractivity contribution in [3.8, 4) is 5.88 Å². The molecule has 0 aromatic carbocycles. The molecule has 1 saturated heterocycles. The number of aryl methyl sites for hydroxylation is 1. The van der Waals surface area contributed by atoms with Crippen molar-refractivity contribution in [1.29, 1.82) is 0 Å². The first kappa shape index (κ1) is 23.1. The molecular formula is C19H23F3N4O4S. The number of rotatable bonds is 7. The van der Waals surface area contributed by atoms with Crippen LogP contribution in [0, 0.1) is 0 Å². The van der Waals surface area contributed by atoms with Gasteiger partial charge in [-0.1, -0.05) is 12.5 Å². The number of nitrogens with one attached hydrogen (secondary N) is 1. The molecule has 0 radical (unpaired) electrons. The fourth-order valence-corrected chi connectivity index (χ4v) is 4.85. The zero-order chi connectivity index (χ0) is 22.6. The van der Waals surface area contributed by atoms with Gasteiger partial charge in [0.2, 0.25) is 15.9 Å². The van der Waals surface area contributed by atoms with E-state index in [1.165, 1.54) is 39.5 Å². The van der Waals surface area contributed by atoms with Crippen LogP contribution in [-0.4, -0.2) is 54.1 Å². The Morgan fingerprint density at radius 3 is 2.65 bits per heavy atom. The highest BCUT2D eigenvalue weighted by Crippen LogP contribution is 2.23. The molecule has 12 heteroatoms. The number of hydrogen-bond donors (Lipinski definition) is 1. The molecule has 2 aromatic rings. The van der Waals surface area contributed by atoms with E-state index < -0.39 is 28.7 Å². The Balaban J connectivity index is 1.70. The third-order valence-corrected chi connectivity index (χ3v) is 6.69. The van der Waals surface area contributed by atoms with Gasteiger partial charge in [0.15, 0.2) is 6.61 Å². The molecule has 3 rings (SSSR count). The van der Waals surface area contributed by atoms with E-state index in [1.54, 1.807) is 7.05 Å². The SMILES string of the molecule is Cn1cc(S(=O)(=O)N2CCCCC2)cc1C(=O)NCc1cccnc1OCC(F)(F)F. The smallest absolute Gasteiger partial charge is 0.422 e. The number of carbonyl (C=O) groups is 1. The van der Waals surface area contributed by atoms with Gasteiger partial charge in [-0.3, -0.25) is 4.79 Å². The Bertz CT molecular complexity index is 1030. The highest BCUT2D eigenvalue weighted by Gasteiger charge is 2.30. The summed E-state index contributed by atoms with van der Waals surface area (Å²) in [6.07, 6.45) is 0.716. The zero-order valence-corrected chi connectivity index (χ0v) is 17.7. The molecule has 2 aromatic heterocycles. The Morgan fingerprint density at radius 2 is 1.97 bits per heavy atom. The number of aromatic nitrogens is 2. The van der Waals surface area contributed by atoms with Crippen LogP contribution in [0.15, 0.2) is 35.5 Å². The van der Waals surface area contributed by atoms with Crippen LogP contribution in [0.1, 0.15) is 35.3 Å². The van der Waals surface area contributed by atoms with Gasteiger partial charge >= 0.3 is 6.18 Å². The van der Waals surface area contributed by atoms with Gasteiger partial charge in [0.1, 0.15) is 10.6 Å². The van der Waals surface area contributed by atoms with Crippen LogP contribution in [0.2, 0.25) is 0 Å². The average molecular weight is 460 g/mol. The van der Waals surface area contributed by atoms with E-state index in [-0.39, 0.29) is 28.6 Å². The second-order valence-electron chi connectivity index (χ2n) is 7.19. The van der Waals surface area contributed by atoms with E-state index in [9.17, 15) is 26.4 Å². The average Bonchev–Trinajstić information content (AvgIpc) is 3.14. The van der Waals surface area contributed by atoms with Crippen molar-refractivity contribution in [2.45, 2.75) is 36.9 Å². The van der Waals surface area contributed by atoms with Gasteiger partial charge in [-0.25, -0.2) is 13.4 Å². The molecule has 170 valence electrons. The predicted octanol–water partition coefficient (Wildman–Crippen LogP) is 2.47. The van der Waals surface area contributed by atoms with Gasteiger partial charge in [-0.2, -0.15) is 17.5 Å². The monoisotopic (exact) mass is 460 g/mol.